The number of hydrogen-bond donors (Lipinski definition) is 0. The Bertz CT molecular complexity index is 496. The summed E-state index contributed by atoms with van der Waals surface area (Å²) >= 11 is 1.25. The summed E-state index contributed by atoms with van der Waals surface area (Å²) in [4.78, 5) is 0. The Labute approximate surface area is 219 Å². The van der Waals surface area contributed by atoms with Gasteiger partial charge in [0, 0.05) is 0 Å². The molecule has 2 rings (SSSR count). The maximum atomic E-state index is 5.78. The van der Waals surface area contributed by atoms with Crippen molar-refractivity contribution < 1.29 is 13.7 Å². The molecule has 170 valence electrons. The zero-order chi connectivity index (χ0) is 20.5. The molecule has 1 aromatic carbocycles. The van der Waals surface area contributed by atoms with Gasteiger partial charge in [0.05, 0.1) is 6.61 Å². The molecule has 0 radical (unpaired) electrons. The molecule has 1 fully saturated rings. The first kappa shape index (κ1) is 28.6. The molecule has 0 spiro atoms. The molecule has 3 nitrogen and oxygen atoms in total. The Morgan fingerprint density at radius 1 is 0.700 bits per heavy atom. The van der Waals surface area contributed by atoms with Crippen molar-refractivity contribution in [1.82, 2.24) is 0 Å². The molecule has 1 unspecified atom stereocenters. The standard InChI is InChI=1S/C25H42O3S.Ca.2H/c1-2-3-4-5-6-7-8-9-10-11-12-13-14-15-16-20-23-26-25(28-29-25)27-24-21-18-17-19-22-24;;;/h17-19,21-22H,2-16,20,23H2,1H3;;;. The van der Waals surface area contributed by atoms with Crippen molar-refractivity contribution in [1.29, 1.82) is 0 Å². The van der Waals surface area contributed by atoms with Crippen LogP contribution >= 0.6 is 12.0 Å². The molecule has 1 aliphatic heterocycles. The second-order valence-electron chi connectivity index (χ2n) is 8.23. The van der Waals surface area contributed by atoms with E-state index in [4.69, 9.17) is 13.7 Å². The van der Waals surface area contributed by atoms with Gasteiger partial charge in [-0.25, -0.2) is 4.18 Å². The fraction of sp³-hybridized carbons (Fsp3) is 0.760. The summed E-state index contributed by atoms with van der Waals surface area (Å²) in [7, 11) is 0. The molecule has 1 aliphatic rings. The molecule has 0 aliphatic carbocycles. The van der Waals surface area contributed by atoms with Crippen LogP contribution in [-0.2, 0) is 8.92 Å². The van der Waals surface area contributed by atoms with Gasteiger partial charge in [-0.2, -0.15) is 0 Å². The monoisotopic (exact) mass is 464 g/mol. The molecule has 0 N–H and O–H groups in total. The van der Waals surface area contributed by atoms with Gasteiger partial charge >= 0.3 is 43.0 Å². The summed E-state index contributed by atoms with van der Waals surface area (Å²) in [5.74, 6) is 0.782. The SMILES string of the molecule is CCCCCCCCCCCCCCCCCCOC1(Oc2ccccc2)OS1.[CaH2]. The first-order valence-corrected chi connectivity index (χ1v) is 12.8. The second kappa shape index (κ2) is 19.1. The minimum absolute atomic E-state index is 0. The average Bonchev–Trinajstić information content (AvgIpc) is 3.50. The van der Waals surface area contributed by atoms with Crippen molar-refractivity contribution in [2.24, 2.45) is 0 Å². The molecule has 0 bridgehead atoms. The van der Waals surface area contributed by atoms with Crippen LogP contribution in [0.2, 0.25) is 0 Å². The second-order valence-corrected chi connectivity index (χ2v) is 9.07. The van der Waals surface area contributed by atoms with Crippen molar-refractivity contribution in [3.8, 4) is 5.75 Å². The number of ether oxygens (including phenoxy) is 2. The van der Waals surface area contributed by atoms with E-state index in [9.17, 15) is 0 Å². The fourth-order valence-electron chi connectivity index (χ4n) is 3.63. The predicted molar refractivity (Wildman–Crippen MR) is 133 cm³/mol. The first-order chi connectivity index (χ1) is 14.3. The van der Waals surface area contributed by atoms with E-state index in [0.29, 0.717) is 6.61 Å². The van der Waals surface area contributed by atoms with Gasteiger partial charge in [0.15, 0.2) is 0 Å². The zero-order valence-corrected chi connectivity index (χ0v) is 19.4. The Morgan fingerprint density at radius 2 is 1.13 bits per heavy atom. The molecule has 0 amide bonds. The van der Waals surface area contributed by atoms with Gasteiger partial charge in [0.25, 0.3) is 0 Å². The van der Waals surface area contributed by atoms with Crippen LogP contribution < -0.4 is 4.74 Å². The van der Waals surface area contributed by atoms with Crippen LogP contribution in [0.15, 0.2) is 30.3 Å². The number of para-hydroxylation sites is 1. The van der Waals surface area contributed by atoms with E-state index >= 15 is 0 Å². The molecule has 1 saturated heterocycles. The molecule has 1 heterocycles. The molecule has 0 saturated carbocycles. The minimum atomic E-state index is -0.892. The summed E-state index contributed by atoms with van der Waals surface area (Å²) < 4.78 is 16.8. The van der Waals surface area contributed by atoms with Crippen LogP contribution in [-0.4, -0.2) is 49.7 Å². The van der Waals surface area contributed by atoms with E-state index in [1.54, 1.807) is 0 Å². The zero-order valence-electron chi connectivity index (χ0n) is 18.5. The topological polar surface area (TPSA) is 31.0 Å². The number of rotatable bonds is 20. The number of benzene rings is 1. The first-order valence-electron chi connectivity index (χ1n) is 12.1. The third-order valence-corrected chi connectivity index (χ3v) is 6.12. The van der Waals surface area contributed by atoms with Crippen LogP contribution in [0.3, 0.4) is 0 Å². The van der Waals surface area contributed by atoms with E-state index in [1.807, 2.05) is 30.3 Å². The van der Waals surface area contributed by atoms with Crippen molar-refractivity contribution in [3.63, 3.8) is 0 Å². The van der Waals surface area contributed by atoms with Crippen molar-refractivity contribution in [2.45, 2.75) is 115 Å². The van der Waals surface area contributed by atoms with Gasteiger partial charge < -0.3 is 9.47 Å². The van der Waals surface area contributed by atoms with Crippen LogP contribution in [0.25, 0.3) is 0 Å². The van der Waals surface area contributed by atoms with Crippen LogP contribution in [0, 0.1) is 0 Å². The van der Waals surface area contributed by atoms with E-state index < -0.39 is 5.31 Å². The van der Waals surface area contributed by atoms with Gasteiger partial charge in [-0.1, -0.05) is 121 Å². The predicted octanol–water partition coefficient (Wildman–Crippen LogP) is 7.72. The molecular weight excluding hydrogens is 420 g/mol. The molecule has 1 atom stereocenters. The van der Waals surface area contributed by atoms with Gasteiger partial charge in [0.1, 0.15) is 17.8 Å². The fourth-order valence-corrected chi connectivity index (χ4v) is 4.04. The van der Waals surface area contributed by atoms with Gasteiger partial charge in [-0.05, 0) is 18.6 Å². The van der Waals surface area contributed by atoms with Gasteiger partial charge in [0.2, 0.25) is 0 Å². The third-order valence-electron chi connectivity index (χ3n) is 5.48. The molecular formula is C25H44CaO3S. The van der Waals surface area contributed by atoms with E-state index in [0.717, 1.165) is 12.2 Å². The Balaban J connectivity index is 0.00000450. The summed E-state index contributed by atoms with van der Waals surface area (Å²) in [5, 5.41) is -0.892. The average molecular weight is 465 g/mol. The molecule has 5 heteroatoms. The van der Waals surface area contributed by atoms with Crippen LogP contribution in [0.1, 0.15) is 110 Å². The van der Waals surface area contributed by atoms with Crippen molar-refractivity contribution >= 4 is 49.8 Å². The Morgan fingerprint density at radius 3 is 1.57 bits per heavy atom. The summed E-state index contributed by atoms with van der Waals surface area (Å²) in [6.07, 6.45) is 22.1. The normalized spacial score (nSPS) is 17.5. The van der Waals surface area contributed by atoms with Crippen molar-refractivity contribution in [2.75, 3.05) is 6.61 Å². The summed E-state index contributed by atoms with van der Waals surface area (Å²) in [5.41, 5.74) is 0. The third kappa shape index (κ3) is 14.6. The number of hydrogen-bond acceptors (Lipinski definition) is 4. The van der Waals surface area contributed by atoms with Gasteiger partial charge in [-0.3, -0.25) is 0 Å². The van der Waals surface area contributed by atoms with E-state index in [2.05, 4.69) is 6.92 Å². The summed E-state index contributed by atoms with van der Waals surface area (Å²) in [6, 6.07) is 9.71. The van der Waals surface area contributed by atoms with Crippen LogP contribution in [0.4, 0.5) is 0 Å². The quantitative estimate of drug-likeness (QED) is 0.0650. The van der Waals surface area contributed by atoms with E-state index in [1.165, 1.54) is 108 Å². The molecule has 0 aromatic heterocycles. The molecule has 30 heavy (non-hydrogen) atoms. The Hall–Kier alpha value is 0.550. The molecule has 1 aromatic rings. The van der Waals surface area contributed by atoms with E-state index in [-0.39, 0.29) is 37.7 Å². The van der Waals surface area contributed by atoms with Gasteiger partial charge in [-0.15, -0.1) is 0 Å². The van der Waals surface area contributed by atoms with Crippen molar-refractivity contribution in [3.05, 3.63) is 30.3 Å². The Kier molecular flexibility index (Phi) is 18.2. The summed E-state index contributed by atoms with van der Waals surface area (Å²) in [6.45, 7) is 2.98. The number of unbranched alkanes of at least 4 members (excludes halogenated alkanes) is 15. The maximum absolute atomic E-state index is 5.78. The van der Waals surface area contributed by atoms with Crippen LogP contribution in [0.5, 0.6) is 5.75 Å².